The van der Waals surface area contributed by atoms with Crippen molar-refractivity contribution in [1.82, 2.24) is 0 Å². The molecule has 0 aromatic heterocycles. The quantitative estimate of drug-likeness (QED) is 0.649. The molecule has 3 aliphatic rings. The molecule has 1 spiro atoms. The Hall–Kier alpha value is -1.63. The number of nitrogens with two attached hydrogens (primary N) is 1. The predicted molar refractivity (Wildman–Crippen MR) is 96.8 cm³/mol. The normalized spacial score (nSPS) is 25.8. The van der Waals surface area contributed by atoms with Crippen molar-refractivity contribution in [3.8, 4) is 0 Å². The first-order valence-electron chi connectivity index (χ1n) is 9.31. The van der Waals surface area contributed by atoms with Crippen LogP contribution in [0.1, 0.15) is 36.8 Å². The van der Waals surface area contributed by atoms with Crippen LogP contribution in [0, 0.1) is 0 Å². The third-order valence-electron chi connectivity index (χ3n) is 5.29. The minimum atomic E-state index is -0.459. The largest absolute Gasteiger partial charge is 0.381 e. The molecule has 0 amide bonds. The Labute approximate surface area is 148 Å². The van der Waals surface area contributed by atoms with Gasteiger partial charge in [0.2, 0.25) is 0 Å². The van der Waals surface area contributed by atoms with Gasteiger partial charge in [-0.25, -0.2) is 0 Å². The van der Waals surface area contributed by atoms with Gasteiger partial charge in [-0.1, -0.05) is 12.1 Å². The van der Waals surface area contributed by atoms with Crippen LogP contribution in [-0.2, 0) is 27.1 Å². The molecule has 2 fully saturated rings. The Morgan fingerprint density at radius 2 is 2.08 bits per heavy atom. The summed E-state index contributed by atoms with van der Waals surface area (Å²) in [4.78, 5) is 4.48. The van der Waals surface area contributed by atoms with Crippen molar-refractivity contribution in [3.63, 3.8) is 0 Å². The van der Waals surface area contributed by atoms with E-state index >= 15 is 0 Å². The summed E-state index contributed by atoms with van der Waals surface area (Å²) in [6.07, 6.45) is 6.31. The third kappa shape index (κ3) is 3.81. The van der Waals surface area contributed by atoms with Gasteiger partial charge in [0.15, 0.2) is 11.7 Å². The summed E-state index contributed by atoms with van der Waals surface area (Å²) < 4.78 is 17.4. The number of benzene rings is 1. The molecule has 1 aliphatic carbocycles. The molecule has 3 N–H and O–H groups in total. The summed E-state index contributed by atoms with van der Waals surface area (Å²) in [5, 5.41) is 3.28. The number of hydrogen-bond acceptors (Lipinski definition) is 4. The highest BCUT2D eigenvalue weighted by Crippen LogP contribution is 2.33. The van der Waals surface area contributed by atoms with E-state index < -0.39 is 5.79 Å². The number of ether oxygens (including phenoxy) is 3. The average molecular weight is 345 g/mol. The molecule has 6 nitrogen and oxygen atoms in total. The molecular formula is C19H27N3O3. The van der Waals surface area contributed by atoms with E-state index in [1.807, 2.05) is 0 Å². The van der Waals surface area contributed by atoms with Crippen molar-refractivity contribution in [2.45, 2.75) is 50.4 Å². The smallest absolute Gasteiger partial charge is 0.193 e. The molecule has 1 atom stereocenters. The highest BCUT2D eigenvalue weighted by Gasteiger charge is 2.42. The molecule has 25 heavy (non-hydrogen) atoms. The van der Waals surface area contributed by atoms with Crippen molar-refractivity contribution in [2.75, 3.05) is 31.7 Å². The van der Waals surface area contributed by atoms with E-state index in [1.54, 1.807) is 0 Å². The van der Waals surface area contributed by atoms with Gasteiger partial charge in [-0.05, 0) is 42.9 Å². The first-order chi connectivity index (χ1) is 12.2. The molecule has 6 heteroatoms. The highest BCUT2D eigenvalue weighted by molar-refractivity contribution is 5.93. The number of fused-ring (bicyclic) bond motifs is 1. The van der Waals surface area contributed by atoms with Crippen molar-refractivity contribution >= 4 is 11.6 Å². The van der Waals surface area contributed by atoms with E-state index in [0.717, 1.165) is 31.4 Å². The molecule has 0 radical (unpaired) electrons. The minimum absolute atomic E-state index is 0.0388. The van der Waals surface area contributed by atoms with Gasteiger partial charge >= 0.3 is 0 Å². The first-order valence-corrected chi connectivity index (χ1v) is 9.31. The molecule has 1 aromatic rings. The number of nitrogens with one attached hydrogen (secondary N) is 1. The highest BCUT2D eigenvalue weighted by atomic mass is 16.7. The standard InChI is InChI=1S/C19H27N3O3/c20-18(22-17-7-3-5-14-4-1-2-6-16(14)17)21-12-15-13-24-19(25-15)8-10-23-11-9-19/h3,5,7,15H,1-2,4,6,8-13H2,(H3,20,21,22). The third-order valence-corrected chi connectivity index (χ3v) is 5.29. The average Bonchev–Trinajstić information content (AvgIpc) is 3.03. The number of hydrogen-bond donors (Lipinski definition) is 2. The van der Waals surface area contributed by atoms with Crippen molar-refractivity contribution < 1.29 is 14.2 Å². The number of nitrogens with zero attached hydrogens (tertiary/aromatic N) is 1. The van der Waals surface area contributed by atoms with E-state index in [1.165, 1.54) is 24.0 Å². The Kier molecular flexibility index (Phi) is 4.92. The Morgan fingerprint density at radius 3 is 2.96 bits per heavy atom. The summed E-state index contributed by atoms with van der Waals surface area (Å²) in [5.41, 5.74) is 10.0. The fourth-order valence-electron chi connectivity index (χ4n) is 3.93. The maximum absolute atomic E-state index is 6.11. The zero-order valence-corrected chi connectivity index (χ0v) is 14.6. The van der Waals surface area contributed by atoms with Gasteiger partial charge < -0.3 is 25.3 Å². The predicted octanol–water partition coefficient (Wildman–Crippen LogP) is 2.21. The minimum Gasteiger partial charge on any atom is -0.381 e. The van der Waals surface area contributed by atoms with Crippen LogP contribution in [0.15, 0.2) is 23.2 Å². The molecule has 2 aliphatic heterocycles. The lowest BCUT2D eigenvalue weighted by Gasteiger charge is -2.31. The van der Waals surface area contributed by atoms with Gasteiger partial charge in [0, 0.05) is 18.5 Å². The van der Waals surface area contributed by atoms with Crippen LogP contribution in [0.2, 0.25) is 0 Å². The fraction of sp³-hybridized carbons (Fsp3) is 0.632. The summed E-state index contributed by atoms with van der Waals surface area (Å²) in [6.45, 7) is 2.46. The van der Waals surface area contributed by atoms with Crippen LogP contribution in [0.4, 0.5) is 5.69 Å². The van der Waals surface area contributed by atoms with Gasteiger partial charge in [0.25, 0.3) is 0 Å². The maximum atomic E-state index is 6.11. The summed E-state index contributed by atoms with van der Waals surface area (Å²) in [7, 11) is 0. The molecule has 1 unspecified atom stereocenters. The lowest BCUT2D eigenvalue weighted by atomic mass is 9.90. The monoisotopic (exact) mass is 345 g/mol. The molecule has 2 heterocycles. The van der Waals surface area contributed by atoms with E-state index in [2.05, 4.69) is 28.5 Å². The SMILES string of the molecule is NC(=NCC1COC2(CCOCC2)O1)Nc1cccc2c1CCCC2. The molecule has 0 saturated carbocycles. The van der Waals surface area contributed by atoms with Gasteiger partial charge in [0.05, 0.1) is 26.4 Å². The van der Waals surface area contributed by atoms with Crippen LogP contribution in [-0.4, -0.2) is 44.2 Å². The van der Waals surface area contributed by atoms with Gasteiger partial charge in [0.1, 0.15) is 6.10 Å². The number of aliphatic imine (C=N–C) groups is 1. The molecular weight excluding hydrogens is 318 g/mol. The number of rotatable bonds is 3. The number of guanidine groups is 1. The van der Waals surface area contributed by atoms with Gasteiger partial charge in [-0.15, -0.1) is 0 Å². The number of aryl methyl sites for hydroxylation is 1. The maximum Gasteiger partial charge on any atom is 0.193 e. The zero-order valence-electron chi connectivity index (χ0n) is 14.6. The van der Waals surface area contributed by atoms with Crippen LogP contribution in [0.5, 0.6) is 0 Å². The second kappa shape index (κ2) is 7.32. The number of anilines is 1. The summed E-state index contributed by atoms with van der Waals surface area (Å²) >= 11 is 0. The molecule has 4 rings (SSSR count). The second-order valence-corrected chi connectivity index (χ2v) is 7.08. The van der Waals surface area contributed by atoms with Crippen LogP contribution >= 0.6 is 0 Å². The van der Waals surface area contributed by atoms with Crippen LogP contribution in [0.3, 0.4) is 0 Å². The van der Waals surface area contributed by atoms with Crippen LogP contribution in [0.25, 0.3) is 0 Å². The lowest BCUT2D eigenvalue weighted by Crippen LogP contribution is -2.38. The topological polar surface area (TPSA) is 78.1 Å². The van der Waals surface area contributed by atoms with Crippen molar-refractivity contribution in [1.29, 1.82) is 0 Å². The molecule has 0 bridgehead atoms. The van der Waals surface area contributed by atoms with E-state index in [0.29, 0.717) is 32.3 Å². The molecule has 136 valence electrons. The zero-order chi connectivity index (χ0) is 17.1. The second-order valence-electron chi connectivity index (χ2n) is 7.08. The van der Waals surface area contributed by atoms with Gasteiger partial charge in [-0.2, -0.15) is 0 Å². The summed E-state index contributed by atoms with van der Waals surface area (Å²) in [5.74, 6) is -0.0189. The Balaban J connectivity index is 1.35. The lowest BCUT2D eigenvalue weighted by molar-refractivity contribution is -0.210. The first kappa shape index (κ1) is 16.8. The van der Waals surface area contributed by atoms with Crippen molar-refractivity contribution in [2.24, 2.45) is 10.7 Å². The van der Waals surface area contributed by atoms with Crippen molar-refractivity contribution in [3.05, 3.63) is 29.3 Å². The Morgan fingerprint density at radius 1 is 1.24 bits per heavy atom. The van der Waals surface area contributed by atoms with E-state index in [9.17, 15) is 0 Å². The van der Waals surface area contributed by atoms with Gasteiger partial charge in [-0.3, -0.25) is 4.99 Å². The van der Waals surface area contributed by atoms with Crippen LogP contribution < -0.4 is 11.1 Å². The molecule has 1 aromatic carbocycles. The fourth-order valence-corrected chi connectivity index (χ4v) is 3.93. The van der Waals surface area contributed by atoms with E-state index in [-0.39, 0.29) is 6.10 Å². The van der Waals surface area contributed by atoms with E-state index in [4.69, 9.17) is 19.9 Å². The summed E-state index contributed by atoms with van der Waals surface area (Å²) in [6, 6.07) is 6.38. The molecule has 2 saturated heterocycles. The Bertz CT molecular complexity index is 641.